The quantitative estimate of drug-likeness (QED) is 0.173. The molecule has 10 aromatic carbocycles. The van der Waals surface area contributed by atoms with Crippen LogP contribution in [-0.2, 0) is 0 Å². The maximum absolute atomic E-state index is 10.4. The van der Waals surface area contributed by atoms with E-state index in [9.17, 15) is 10.5 Å². The minimum atomic E-state index is 0.632. The summed E-state index contributed by atoms with van der Waals surface area (Å²) in [5, 5.41) is 33.7. The van der Waals surface area contributed by atoms with Gasteiger partial charge in [-0.1, -0.05) is 146 Å². The summed E-state index contributed by atoms with van der Waals surface area (Å²) in [6, 6.07) is 67.0. The highest BCUT2D eigenvalue weighted by Crippen LogP contribution is 2.49. The van der Waals surface area contributed by atoms with E-state index in [0.29, 0.717) is 11.1 Å². The molecule has 0 N–H and O–H groups in total. The predicted octanol–water partition coefficient (Wildman–Crippen LogP) is 13.6. The summed E-state index contributed by atoms with van der Waals surface area (Å²) in [5.74, 6) is 0. The van der Waals surface area contributed by atoms with Gasteiger partial charge in [0.05, 0.1) is 28.2 Å². The number of hydrogen-bond acceptors (Lipinski definition) is 2. The fourth-order valence-corrected chi connectivity index (χ4v) is 9.06. The van der Waals surface area contributed by atoms with Gasteiger partial charge in [0.25, 0.3) is 0 Å². The van der Waals surface area contributed by atoms with Gasteiger partial charge in [-0.05, 0) is 95.7 Å². The monoisotopic (exact) mass is 695 g/mol. The molecule has 0 saturated carbocycles. The molecule has 0 atom stereocenters. The Labute approximate surface area is 316 Å². The van der Waals surface area contributed by atoms with Crippen molar-refractivity contribution < 1.29 is 0 Å². The van der Waals surface area contributed by atoms with Crippen molar-refractivity contribution in [3.05, 3.63) is 187 Å². The first-order chi connectivity index (χ1) is 27.2. The van der Waals surface area contributed by atoms with Gasteiger partial charge in [-0.25, -0.2) is 0 Å². The molecule has 11 rings (SSSR count). The van der Waals surface area contributed by atoms with E-state index in [4.69, 9.17) is 0 Å². The van der Waals surface area contributed by atoms with Gasteiger partial charge in [0.15, 0.2) is 0 Å². The lowest BCUT2D eigenvalue weighted by atomic mass is 9.82. The number of nitriles is 2. The highest BCUT2D eigenvalue weighted by Gasteiger charge is 2.23. The first kappa shape index (κ1) is 30.9. The molecule has 3 nitrogen and oxygen atoms in total. The molecule has 55 heavy (non-hydrogen) atoms. The van der Waals surface area contributed by atoms with Gasteiger partial charge >= 0.3 is 0 Å². The molecule has 252 valence electrons. The van der Waals surface area contributed by atoms with Crippen molar-refractivity contribution in [2.45, 2.75) is 0 Å². The molecule has 3 heteroatoms. The number of hydrogen-bond donors (Lipinski definition) is 0. The number of nitrogens with zero attached hydrogens (tertiary/aromatic N) is 3. The van der Waals surface area contributed by atoms with Gasteiger partial charge in [-0.2, -0.15) is 10.5 Å². The van der Waals surface area contributed by atoms with Gasteiger partial charge in [-0.15, -0.1) is 0 Å². The average molecular weight is 696 g/mol. The minimum Gasteiger partial charge on any atom is -0.309 e. The third kappa shape index (κ3) is 4.48. The molecule has 0 saturated heterocycles. The molecule has 1 aromatic heterocycles. The lowest BCUT2D eigenvalue weighted by Crippen LogP contribution is -1.96. The summed E-state index contributed by atoms with van der Waals surface area (Å²) in [6.45, 7) is 0. The van der Waals surface area contributed by atoms with Crippen LogP contribution in [0.2, 0.25) is 0 Å². The molecule has 0 radical (unpaired) electrons. The maximum atomic E-state index is 10.4. The summed E-state index contributed by atoms with van der Waals surface area (Å²) in [7, 11) is 0. The molecule has 0 aliphatic rings. The Kier molecular flexibility index (Phi) is 6.68. The number of benzene rings is 10. The van der Waals surface area contributed by atoms with Crippen LogP contribution in [0.25, 0.3) is 104 Å². The summed E-state index contributed by atoms with van der Waals surface area (Å²) < 4.78 is 2.31. The summed E-state index contributed by atoms with van der Waals surface area (Å²) in [6.07, 6.45) is 0. The molecule has 0 amide bonds. The summed E-state index contributed by atoms with van der Waals surface area (Å²) >= 11 is 0. The second-order valence-electron chi connectivity index (χ2n) is 14.2. The molecule has 0 unspecified atom stereocenters. The van der Waals surface area contributed by atoms with E-state index < -0.39 is 0 Å². The zero-order valence-electron chi connectivity index (χ0n) is 29.6. The zero-order chi connectivity index (χ0) is 36.6. The van der Waals surface area contributed by atoms with E-state index in [1.807, 2.05) is 24.3 Å². The Morgan fingerprint density at radius 3 is 1.38 bits per heavy atom. The smallest absolute Gasteiger partial charge is 0.100 e. The van der Waals surface area contributed by atoms with Crippen molar-refractivity contribution >= 4 is 75.7 Å². The molecule has 11 aromatic rings. The highest BCUT2D eigenvalue weighted by molar-refractivity contribution is 6.28. The van der Waals surface area contributed by atoms with Crippen LogP contribution in [0.1, 0.15) is 11.1 Å². The average Bonchev–Trinajstić information content (AvgIpc) is 3.57. The van der Waals surface area contributed by atoms with Gasteiger partial charge in [-0.3, -0.25) is 0 Å². The van der Waals surface area contributed by atoms with Crippen molar-refractivity contribution in [1.29, 1.82) is 10.5 Å². The van der Waals surface area contributed by atoms with Crippen LogP contribution in [0.3, 0.4) is 0 Å². The van der Waals surface area contributed by atoms with Crippen molar-refractivity contribution in [2.24, 2.45) is 0 Å². The van der Waals surface area contributed by atoms with E-state index in [1.165, 1.54) is 16.5 Å². The van der Waals surface area contributed by atoms with Gasteiger partial charge in [0, 0.05) is 27.2 Å². The number of aromatic nitrogens is 1. The van der Waals surface area contributed by atoms with E-state index in [2.05, 4.69) is 168 Å². The number of rotatable bonds is 3. The van der Waals surface area contributed by atoms with Crippen LogP contribution in [0.5, 0.6) is 0 Å². The molecular weight excluding hydrogens is 667 g/mol. The topological polar surface area (TPSA) is 52.5 Å². The predicted molar refractivity (Wildman–Crippen MR) is 229 cm³/mol. The van der Waals surface area contributed by atoms with Crippen molar-refractivity contribution in [2.75, 3.05) is 0 Å². The molecule has 0 aliphatic heterocycles. The van der Waals surface area contributed by atoms with Crippen molar-refractivity contribution in [3.63, 3.8) is 0 Å². The Bertz CT molecular complexity index is 3400. The van der Waals surface area contributed by atoms with Gasteiger partial charge < -0.3 is 4.57 Å². The van der Waals surface area contributed by atoms with Crippen LogP contribution in [0.4, 0.5) is 0 Å². The Balaban J connectivity index is 1.26. The van der Waals surface area contributed by atoms with E-state index in [0.717, 1.165) is 87.1 Å². The lowest BCUT2D eigenvalue weighted by Gasteiger charge is -2.21. The van der Waals surface area contributed by atoms with Crippen LogP contribution < -0.4 is 0 Å². The largest absolute Gasteiger partial charge is 0.309 e. The van der Waals surface area contributed by atoms with Crippen LogP contribution in [0.15, 0.2) is 176 Å². The summed E-state index contributed by atoms with van der Waals surface area (Å²) in [5.41, 5.74) is 9.08. The molecule has 0 spiro atoms. The zero-order valence-corrected chi connectivity index (χ0v) is 29.6. The normalized spacial score (nSPS) is 11.6. The Morgan fingerprint density at radius 2 is 0.818 bits per heavy atom. The number of fused-ring (bicyclic) bond motifs is 8. The highest BCUT2D eigenvalue weighted by atomic mass is 15.0. The van der Waals surface area contributed by atoms with E-state index in [1.54, 1.807) is 0 Å². The molecule has 0 aliphatic carbocycles. The van der Waals surface area contributed by atoms with Crippen molar-refractivity contribution in [1.82, 2.24) is 4.57 Å². The third-order valence-corrected chi connectivity index (χ3v) is 11.4. The standard InChI is InChI=1S/C52H29N3/c53-30-32-21-25-39-40-26-23-35(29-49(40)55(48(39)27-32)36-24-22-33-11-1-2-12-34(33)28-36)50-43-17-7-9-19-45(43)52(46-20-10-8-18-44(46)50)51-41-15-5-3-13-37(41)47(31-54)38-14-4-6-16-42(38)51/h1-29H. The van der Waals surface area contributed by atoms with E-state index >= 15 is 0 Å². The third-order valence-electron chi connectivity index (χ3n) is 11.4. The fourth-order valence-electron chi connectivity index (χ4n) is 9.06. The first-order valence-corrected chi connectivity index (χ1v) is 18.5. The second kappa shape index (κ2) is 11.9. The minimum absolute atomic E-state index is 0.632. The first-order valence-electron chi connectivity index (χ1n) is 18.5. The summed E-state index contributed by atoms with van der Waals surface area (Å²) in [4.78, 5) is 0. The van der Waals surface area contributed by atoms with Gasteiger partial charge in [0.1, 0.15) is 6.07 Å². The fraction of sp³-hybridized carbons (Fsp3) is 0. The van der Waals surface area contributed by atoms with Crippen LogP contribution in [0, 0.1) is 22.7 Å². The van der Waals surface area contributed by atoms with Gasteiger partial charge in [0.2, 0.25) is 0 Å². The molecule has 0 bridgehead atoms. The lowest BCUT2D eigenvalue weighted by molar-refractivity contribution is 1.18. The van der Waals surface area contributed by atoms with Crippen molar-refractivity contribution in [3.8, 4) is 40.1 Å². The second-order valence-corrected chi connectivity index (χ2v) is 14.2. The van der Waals surface area contributed by atoms with Crippen LogP contribution >= 0.6 is 0 Å². The Hall–Kier alpha value is -7.72. The SMILES string of the molecule is N#Cc1ccc2c3ccc(-c4c5ccccc5c(-c5c6ccccc6c(C#N)c6ccccc56)c5ccccc45)cc3n(-c3ccc4ccccc4c3)c2c1. The molecule has 1 heterocycles. The van der Waals surface area contributed by atoms with E-state index in [-0.39, 0.29) is 0 Å². The van der Waals surface area contributed by atoms with Crippen LogP contribution in [-0.4, -0.2) is 4.57 Å². The maximum Gasteiger partial charge on any atom is 0.100 e. The molecule has 0 fully saturated rings. The molecular formula is C52H29N3. The Morgan fingerprint density at radius 1 is 0.345 bits per heavy atom.